The Balaban J connectivity index is 1.65. The zero-order chi connectivity index (χ0) is 23.8. The van der Waals surface area contributed by atoms with Gasteiger partial charge in [-0.2, -0.15) is 0 Å². The van der Waals surface area contributed by atoms with Gasteiger partial charge in [0, 0.05) is 22.6 Å². The number of carbonyl (C=O) groups excluding carboxylic acids is 1. The summed E-state index contributed by atoms with van der Waals surface area (Å²) in [6.07, 6.45) is -1.58. The van der Waals surface area contributed by atoms with Gasteiger partial charge in [-0.15, -0.1) is 0 Å². The van der Waals surface area contributed by atoms with Gasteiger partial charge in [0.25, 0.3) is 7.37 Å². The molecule has 34 heavy (non-hydrogen) atoms. The quantitative estimate of drug-likeness (QED) is 0.239. The molecule has 0 aliphatic heterocycles. The van der Waals surface area contributed by atoms with Crippen molar-refractivity contribution in [1.82, 2.24) is 0 Å². The van der Waals surface area contributed by atoms with Crippen molar-refractivity contribution in [1.29, 1.82) is 0 Å². The molecule has 172 valence electrons. The number of aliphatic hydroxyl groups is 1. The summed E-state index contributed by atoms with van der Waals surface area (Å²) in [7, 11) is -3.55. The van der Waals surface area contributed by atoms with Crippen LogP contribution in [0.1, 0.15) is 34.9 Å². The van der Waals surface area contributed by atoms with Crippen molar-refractivity contribution in [2.24, 2.45) is 0 Å². The highest BCUT2D eigenvalue weighted by atomic mass is 31.2. The van der Waals surface area contributed by atoms with Crippen LogP contribution < -0.4 is 10.6 Å². The fourth-order valence-electron chi connectivity index (χ4n) is 3.87. The van der Waals surface area contributed by atoms with Crippen LogP contribution in [0, 0.1) is 0 Å². The fourth-order valence-corrected chi connectivity index (χ4v) is 6.13. The lowest BCUT2D eigenvalue weighted by Crippen LogP contribution is -2.26. The van der Waals surface area contributed by atoms with E-state index in [1.54, 1.807) is 36.4 Å². The second-order valence-corrected chi connectivity index (χ2v) is 10.4. The molecule has 0 fully saturated rings. The molecule has 0 saturated heterocycles. The zero-order valence-electron chi connectivity index (χ0n) is 18.7. The van der Waals surface area contributed by atoms with E-state index >= 15 is 0 Å². The lowest BCUT2D eigenvalue weighted by molar-refractivity contribution is 0.0323. The number of aliphatic hydroxyl groups excluding tert-OH is 1. The van der Waals surface area contributed by atoms with E-state index in [9.17, 15) is 14.5 Å². The maximum Gasteiger partial charge on any atom is 0.261 e. The molecule has 4 aromatic carbocycles. The van der Waals surface area contributed by atoms with Gasteiger partial charge in [0.1, 0.15) is 6.10 Å². The third kappa shape index (κ3) is 5.60. The smallest absolute Gasteiger partial charge is 0.261 e. The first-order valence-electron chi connectivity index (χ1n) is 11.3. The molecule has 0 saturated carbocycles. The summed E-state index contributed by atoms with van der Waals surface area (Å²) >= 11 is 0. The molecule has 0 unspecified atom stereocenters. The van der Waals surface area contributed by atoms with Crippen LogP contribution in [0.2, 0.25) is 0 Å². The van der Waals surface area contributed by atoms with Gasteiger partial charge in [-0.1, -0.05) is 97.1 Å². The van der Waals surface area contributed by atoms with Crippen LogP contribution in [0.4, 0.5) is 0 Å². The van der Waals surface area contributed by atoms with E-state index in [1.165, 1.54) is 0 Å². The van der Waals surface area contributed by atoms with Crippen LogP contribution in [0.5, 0.6) is 0 Å². The second kappa shape index (κ2) is 11.2. The van der Waals surface area contributed by atoms with E-state index in [0.717, 1.165) is 0 Å². The van der Waals surface area contributed by atoms with Crippen molar-refractivity contribution in [3.63, 3.8) is 0 Å². The zero-order valence-corrected chi connectivity index (χ0v) is 19.6. The molecule has 0 bridgehead atoms. The average Bonchev–Trinajstić information content (AvgIpc) is 2.92. The van der Waals surface area contributed by atoms with Crippen molar-refractivity contribution in [3.8, 4) is 0 Å². The summed E-state index contributed by atoms with van der Waals surface area (Å²) in [5.74, 6) is -0.0548. The Morgan fingerprint density at radius 2 is 1.15 bits per heavy atom. The number of hydrogen-bond acceptors (Lipinski definition) is 4. The Hall–Kier alpha value is -3.30. The Kier molecular flexibility index (Phi) is 7.87. The molecule has 0 aromatic heterocycles. The van der Waals surface area contributed by atoms with Gasteiger partial charge < -0.3 is 9.63 Å². The predicted molar refractivity (Wildman–Crippen MR) is 136 cm³/mol. The molecule has 0 amide bonds. The van der Waals surface area contributed by atoms with Crippen molar-refractivity contribution in [2.75, 3.05) is 0 Å². The highest BCUT2D eigenvalue weighted by Crippen LogP contribution is 2.50. The molecular weight excluding hydrogens is 443 g/mol. The summed E-state index contributed by atoms with van der Waals surface area (Å²) in [6.45, 7) is 0. The molecule has 5 heteroatoms. The van der Waals surface area contributed by atoms with Crippen LogP contribution in [0.25, 0.3) is 0 Å². The number of Topliss-reactive ketones (excluding diaryl/α,β-unsaturated/α-hetero) is 1. The molecular formula is C29H27O4P. The lowest BCUT2D eigenvalue weighted by atomic mass is 9.98. The first kappa shape index (κ1) is 23.8. The summed E-state index contributed by atoms with van der Waals surface area (Å²) in [5.41, 5.74) is 1.31. The molecule has 0 spiro atoms. The highest BCUT2D eigenvalue weighted by molar-refractivity contribution is 7.74. The summed E-state index contributed by atoms with van der Waals surface area (Å²) in [5, 5.41) is 12.3. The molecule has 4 rings (SSSR count). The standard InChI is InChI=1S/C29H27O4P/c30-27(23-13-5-1-6-14-23)21-22-28(31)29(24-15-7-2-8-16-24)33-34(32,25-17-9-3-10-18-25)26-19-11-4-12-20-26/h1-20,28-29,31H,21-22H2/t28-,29-/m0/s1. The monoisotopic (exact) mass is 470 g/mol. The van der Waals surface area contributed by atoms with Gasteiger partial charge in [0.05, 0.1) is 6.10 Å². The lowest BCUT2D eigenvalue weighted by Gasteiger charge is -2.29. The summed E-state index contributed by atoms with van der Waals surface area (Å²) in [6, 6.07) is 36.4. The van der Waals surface area contributed by atoms with Crippen LogP contribution in [0.15, 0.2) is 121 Å². The first-order valence-corrected chi connectivity index (χ1v) is 12.9. The summed E-state index contributed by atoms with van der Waals surface area (Å²) in [4.78, 5) is 12.6. The number of carbonyl (C=O) groups is 1. The first-order chi connectivity index (χ1) is 16.6. The van der Waals surface area contributed by atoms with Crippen molar-refractivity contribution < 1.29 is 19.0 Å². The summed E-state index contributed by atoms with van der Waals surface area (Å²) < 4.78 is 20.9. The fraction of sp³-hybridized carbons (Fsp3) is 0.138. The Bertz CT molecular complexity index is 1180. The number of ketones is 1. The molecule has 1 N–H and O–H groups in total. The van der Waals surface area contributed by atoms with Gasteiger partial charge in [-0.3, -0.25) is 9.36 Å². The molecule has 0 aliphatic rings. The Morgan fingerprint density at radius 1 is 0.706 bits per heavy atom. The molecule has 2 atom stereocenters. The maximum atomic E-state index is 14.5. The van der Waals surface area contributed by atoms with Crippen LogP contribution >= 0.6 is 7.37 Å². The largest absolute Gasteiger partial charge is 0.390 e. The number of benzene rings is 4. The van der Waals surface area contributed by atoms with Crippen molar-refractivity contribution >= 4 is 23.8 Å². The Morgan fingerprint density at radius 3 is 1.65 bits per heavy atom. The molecule has 4 nitrogen and oxygen atoms in total. The van der Waals surface area contributed by atoms with Gasteiger partial charge in [0.2, 0.25) is 0 Å². The molecule has 4 aromatic rings. The third-order valence-electron chi connectivity index (χ3n) is 5.69. The SMILES string of the molecule is O=C(CC[C@H](O)[C@@H](OP(=O)(c1ccccc1)c1ccccc1)c1ccccc1)c1ccccc1. The van der Waals surface area contributed by atoms with Gasteiger partial charge in [-0.25, -0.2) is 0 Å². The van der Waals surface area contributed by atoms with E-state index in [1.807, 2.05) is 84.9 Å². The van der Waals surface area contributed by atoms with E-state index in [0.29, 0.717) is 21.7 Å². The average molecular weight is 471 g/mol. The van der Waals surface area contributed by atoms with E-state index in [-0.39, 0.29) is 18.6 Å². The molecule has 0 heterocycles. The number of hydrogen-bond donors (Lipinski definition) is 1. The van der Waals surface area contributed by atoms with E-state index in [2.05, 4.69) is 0 Å². The normalized spacial score (nSPS) is 13.2. The van der Waals surface area contributed by atoms with E-state index < -0.39 is 19.6 Å². The minimum atomic E-state index is -3.55. The van der Waals surface area contributed by atoms with Gasteiger partial charge >= 0.3 is 0 Å². The van der Waals surface area contributed by atoms with Crippen molar-refractivity contribution in [2.45, 2.75) is 25.0 Å². The minimum Gasteiger partial charge on any atom is -0.390 e. The third-order valence-corrected chi connectivity index (χ3v) is 8.17. The second-order valence-electron chi connectivity index (χ2n) is 8.05. The molecule has 0 aliphatic carbocycles. The van der Waals surface area contributed by atoms with Crippen molar-refractivity contribution in [3.05, 3.63) is 132 Å². The van der Waals surface area contributed by atoms with Crippen LogP contribution in [0.3, 0.4) is 0 Å². The minimum absolute atomic E-state index is 0.0548. The van der Waals surface area contributed by atoms with Gasteiger partial charge in [0.15, 0.2) is 5.78 Å². The Labute approximate surface area is 200 Å². The number of rotatable bonds is 10. The van der Waals surface area contributed by atoms with Crippen LogP contribution in [-0.4, -0.2) is 17.0 Å². The highest BCUT2D eigenvalue weighted by Gasteiger charge is 2.35. The van der Waals surface area contributed by atoms with Crippen LogP contribution in [-0.2, 0) is 9.09 Å². The topological polar surface area (TPSA) is 63.6 Å². The maximum absolute atomic E-state index is 14.5. The molecule has 0 radical (unpaired) electrons. The van der Waals surface area contributed by atoms with Gasteiger partial charge in [-0.05, 0) is 36.2 Å². The van der Waals surface area contributed by atoms with E-state index in [4.69, 9.17) is 4.52 Å². The predicted octanol–water partition coefficient (Wildman–Crippen LogP) is 5.70.